The van der Waals surface area contributed by atoms with Crippen molar-refractivity contribution in [2.75, 3.05) is 36.1 Å². The predicted molar refractivity (Wildman–Crippen MR) is 144 cm³/mol. The van der Waals surface area contributed by atoms with Gasteiger partial charge < -0.3 is 15.1 Å². The number of amides is 1. The fourth-order valence-electron chi connectivity index (χ4n) is 5.75. The smallest absolute Gasteiger partial charge is 0.242 e. The molecule has 0 saturated carbocycles. The van der Waals surface area contributed by atoms with Gasteiger partial charge in [-0.2, -0.15) is 0 Å². The Kier molecular flexibility index (Phi) is 6.67. The Morgan fingerprint density at radius 2 is 1.74 bits per heavy atom. The van der Waals surface area contributed by atoms with Gasteiger partial charge in [-0.3, -0.25) is 9.59 Å². The molecule has 1 aliphatic carbocycles. The number of carbonyl (C=O) groups is 2. The highest BCUT2D eigenvalue weighted by Gasteiger charge is 2.42. The van der Waals surface area contributed by atoms with Crippen LogP contribution in [0.15, 0.2) is 64.7 Å². The molecular weight excluding hydrogens is 454 g/mol. The van der Waals surface area contributed by atoms with Crippen LogP contribution < -0.4 is 10.2 Å². The summed E-state index contributed by atoms with van der Waals surface area (Å²) in [5.41, 5.74) is 4.67. The average Bonchev–Trinajstić information content (AvgIpc) is 2.98. The number of Topliss-reactive ketones (excluding diaryl/α,β-unsaturated/α-hetero) is 1. The van der Waals surface area contributed by atoms with Gasteiger partial charge in [0, 0.05) is 35.7 Å². The Labute approximate surface area is 213 Å². The van der Waals surface area contributed by atoms with Crippen LogP contribution in [0.3, 0.4) is 0 Å². The van der Waals surface area contributed by atoms with Gasteiger partial charge in [-0.15, -0.1) is 11.8 Å². The van der Waals surface area contributed by atoms with Crippen LogP contribution in [0.1, 0.15) is 57.6 Å². The van der Waals surface area contributed by atoms with Gasteiger partial charge in [0.25, 0.3) is 0 Å². The molecule has 35 heavy (non-hydrogen) atoms. The van der Waals surface area contributed by atoms with Gasteiger partial charge in [-0.25, -0.2) is 0 Å². The molecule has 1 N–H and O–H groups in total. The third-order valence-electron chi connectivity index (χ3n) is 7.45. The minimum atomic E-state index is -0.311. The zero-order chi connectivity index (χ0) is 24.6. The number of nitrogens with zero attached hydrogens (tertiary/aromatic N) is 2. The number of thioether (sulfide) groups is 1. The summed E-state index contributed by atoms with van der Waals surface area (Å²) in [5, 5.41) is 3.64. The van der Waals surface area contributed by atoms with Gasteiger partial charge in [0.1, 0.15) is 0 Å². The summed E-state index contributed by atoms with van der Waals surface area (Å²) in [4.78, 5) is 32.7. The van der Waals surface area contributed by atoms with E-state index >= 15 is 0 Å². The molecule has 3 aliphatic rings. The van der Waals surface area contributed by atoms with Crippen molar-refractivity contribution in [1.29, 1.82) is 0 Å². The Balaban J connectivity index is 1.65. The molecule has 1 atom stereocenters. The Morgan fingerprint density at radius 1 is 1.03 bits per heavy atom. The molecule has 0 radical (unpaired) electrons. The number of likely N-dealkylation sites (tertiary alicyclic amines) is 1. The van der Waals surface area contributed by atoms with Crippen LogP contribution in [0.2, 0.25) is 0 Å². The molecule has 0 aromatic heterocycles. The second-order valence-corrected chi connectivity index (χ2v) is 11.6. The van der Waals surface area contributed by atoms with E-state index in [1.807, 2.05) is 17.0 Å². The third kappa shape index (κ3) is 4.86. The number of para-hydroxylation sites is 2. The largest absolute Gasteiger partial charge is 0.357 e. The topological polar surface area (TPSA) is 52.7 Å². The lowest BCUT2D eigenvalue weighted by atomic mass is 9.73. The molecular formula is C29H35N3O2S. The maximum Gasteiger partial charge on any atom is 0.242 e. The number of piperidine rings is 1. The van der Waals surface area contributed by atoms with E-state index in [0.717, 1.165) is 60.6 Å². The lowest BCUT2D eigenvalue weighted by Gasteiger charge is -2.39. The molecule has 0 unspecified atom stereocenters. The van der Waals surface area contributed by atoms with Crippen LogP contribution in [-0.2, 0) is 9.59 Å². The van der Waals surface area contributed by atoms with Crippen molar-refractivity contribution in [3.63, 3.8) is 0 Å². The number of fused-ring (bicyclic) bond motifs is 1. The number of carbonyl (C=O) groups excluding carboxylic acids is 2. The van der Waals surface area contributed by atoms with Gasteiger partial charge in [0.15, 0.2) is 5.78 Å². The first-order valence-corrected chi connectivity index (χ1v) is 13.9. The summed E-state index contributed by atoms with van der Waals surface area (Å²) in [6.07, 6.45) is 6.69. The predicted octanol–water partition coefficient (Wildman–Crippen LogP) is 6.04. The van der Waals surface area contributed by atoms with E-state index in [4.69, 9.17) is 0 Å². The summed E-state index contributed by atoms with van der Waals surface area (Å²) >= 11 is 1.70. The zero-order valence-electron chi connectivity index (χ0n) is 21.0. The van der Waals surface area contributed by atoms with E-state index in [0.29, 0.717) is 6.42 Å². The summed E-state index contributed by atoms with van der Waals surface area (Å²) in [6, 6.07) is 16.3. The number of anilines is 2. The van der Waals surface area contributed by atoms with Crippen LogP contribution in [-0.4, -0.2) is 42.5 Å². The molecule has 184 valence electrons. The van der Waals surface area contributed by atoms with Crippen molar-refractivity contribution >= 4 is 34.8 Å². The molecule has 0 spiro atoms. The summed E-state index contributed by atoms with van der Waals surface area (Å²) < 4.78 is 0. The summed E-state index contributed by atoms with van der Waals surface area (Å²) in [7, 11) is 0. The molecule has 1 saturated heterocycles. The maximum absolute atomic E-state index is 13.8. The van der Waals surface area contributed by atoms with Crippen molar-refractivity contribution in [3.05, 3.63) is 65.4 Å². The van der Waals surface area contributed by atoms with Crippen molar-refractivity contribution in [1.82, 2.24) is 4.90 Å². The van der Waals surface area contributed by atoms with E-state index in [-0.39, 0.29) is 29.7 Å². The quantitative estimate of drug-likeness (QED) is 0.531. The molecule has 1 amide bonds. The van der Waals surface area contributed by atoms with Crippen LogP contribution in [0, 0.1) is 5.41 Å². The van der Waals surface area contributed by atoms with Crippen molar-refractivity contribution in [2.24, 2.45) is 5.41 Å². The number of ketones is 1. The van der Waals surface area contributed by atoms with E-state index in [9.17, 15) is 9.59 Å². The fraction of sp³-hybridized carbons (Fsp3) is 0.448. The number of nitrogens with one attached hydrogen (secondary N) is 1. The van der Waals surface area contributed by atoms with Crippen molar-refractivity contribution < 1.29 is 9.59 Å². The Hall–Kier alpha value is -2.73. The average molecular weight is 490 g/mol. The molecule has 2 heterocycles. The van der Waals surface area contributed by atoms with Gasteiger partial charge in [0.05, 0.1) is 24.0 Å². The van der Waals surface area contributed by atoms with Gasteiger partial charge >= 0.3 is 0 Å². The normalized spacial score (nSPS) is 21.7. The first-order valence-electron chi connectivity index (χ1n) is 12.7. The standard InChI is InChI=1S/C29H35N3O2S/c1-29(2)17-23-27(25(33)18-29)28(20-11-13-21(35-3)14-12-20)32(24-10-6-5-9-22(24)30-23)19-26(34)31-15-7-4-8-16-31/h5-6,9-14,28,30H,4,7-8,15-19H2,1-3H3/t28-/m0/s1. The van der Waals surface area contributed by atoms with Crippen molar-refractivity contribution in [2.45, 2.75) is 56.9 Å². The first-order chi connectivity index (χ1) is 16.9. The van der Waals surface area contributed by atoms with Crippen LogP contribution in [0.25, 0.3) is 0 Å². The molecule has 2 aromatic carbocycles. The highest BCUT2D eigenvalue weighted by molar-refractivity contribution is 7.98. The zero-order valence-corrected chi connectivity index (χ0v) is 21.8. The van der Waals surface area contributed by atoms with Gasteiger partial charge in [-0.1, -0.05) is 38.1 Å². The third-order valence-corrected chi connectivity index (χ3v) is 8.19. The lowest BCUT2D eigenvalue weighted by molar-refractivity contribution is -0.130. The molecule has 5 nitrogen and oxygen atoms in total. The molecule has 2 aliphatic heterocycles. The number of rotatable bonds is 4. The molecule has 1 fully saturated rings. The Bertz CT molecular complexity index is 1150. The molecule has 6 heteroatoms. The van der Waals surface area contributed by atoms with Crippen LogP contribution in [0.5, 0.6) is 0 Å². The first kappa shape index (κ1) is 24.0. The van der Waals surface area contributed by atoms with E-state index < -0.39 is 0 Å². The van der Waals surface area contributed by atoms with E-state index in [2.05, 4.69) is 66.7 Å². The lowest BCUT2D eigenvalue weighted by Crippen LogP contribution is -2.45. The van der Waals surface area contributed by atoms with E-state index in [1.165, 1.54) is 11.3 Å². The highest BCUT2D eigenvalue weighted by Crippen LogP contribution is 2.48. The molecule has 0 bridgehead atoms. The number of hydrogen-bond acceptors (Lipinski definition) is 5. The number of allylic oxidation sites excluding steroid dienone is 1. The van der Waals surface area contributed by atoms with Gasteiger partial charge in [0.2, 0.25) is 5.91 Å². The van der Waals surface area contributed by atoms with Gasteiger partial charge in [-0.05, 0) is 67.2 Å². The van der Waals surface area contributed by atoms with E-state index in [1.54, 1.807) is 11.8 Å². The highest BCUT2D eigenvalue weighted by atomic mass is 32.2. The van der Waals surface area contributed by atoms with Crippen molar-refractivity contribution in [3.8, 4) is 0 Å². The maximum atomic E-state index is 13.8. The summed E-state index contributed by atoms with van der Waals surface area (Å²) in [6.45, 7) is 6.21. The summed E-state index contributed by atoms with van der Waals surface area (Å²) in [5.74, 6) is 0.309. The fourth-order valence-corrected chi connectivity index (χ4v) is 6.16. The second-order valence-electron chi connectivity index (χ2n) is 10.7. The SMILES string of the molecule is CSc1ccc([C@H]2C3=C(CC(C)(C)CC3=O)Nc3ccccc3N2CC(=O)N2CCCCC2)cc1. The second kappa shape index (κ2) is 9.73. The monoisotopic (exact) mass is 489 g/mol. The number of hydrogen-bond donors (Lipinski definition) is 1. The molecule has 2 aromatic rings. The Morgan fingerprint density at radius 3 is 2.46 bits per heavy atom. The molecule has 5 rings (SSSR count). The minimum Gasteiger partial charge on any atom is -0.357 e. The minimum absolute atomic E-state index is 0.107. The van der Waals surface area contributed by atoms with Crippen LogP contribution in [0.4, 0.5) is 11.4 Å². The number of benzene rings is 2. The van der Waals surface area contributed by atoms with Crippen LogP contribution >= 0.6 is 11.8 Å².